The predicted octanol–water partition coefficient (Wildman–Crippen LogP) is 2.14. The van der Waals surface area contributed by atoms with Crippen LogP contribution in [-0.4, -0.2) is 23.6 Å². The molecule has 2 amide bonds. The molecule has 0 aliphatic rings. The van der Waals surface area contributed by atoms with E-state index in [9.17, 15) is 9.59 Å². The summed E-state index contributed by atoms with van der Waals surface area (Å²) in [6.45, 7) is 6.90. The van der Waals surface area contributed by atoms with Gasteiger partial charge in [0.25, 0.3) is 5.91 Å². The van der Waals surface area contributed by atoms with E-state index >= 15 is 0 Å². The molecule has 20 heavy (non-hydrogen) atoms. The van der Waals surface area contributed by atoms with Crippen molar-refractivity contribution in [3.8, 4) is 0 Å². The molecule has 3 N–H and O–H groups in total. The highest BCUT2D eigenvalue weighted by Crippen LogP contribution is 2.17. The van der Waals surface area contributed by atoms with Crippen molar-refractivity contribution in [2.45, 2.75) is 39.3 Å². The molecule has 1 aromatic carbocycles. The molecule has 1 rings (SSSR count). The summed E-state index contributed by atoms with van der Waals surface area (Å²) in [5.74, 6) is -0.417. The highest BCUT2D eigenvalue weighted by molar-refractivity contribution is 5.88. The molecular weight excluding hydrogens is 258 g/mol. The predicted molar refractivity (Wildman–Crippen MR) is 76.7 cm³/mol. The SMILES string of the molecule is C[C@H](N)C(=O)[N]c1cccc(NC(=O)OC(C)(C)C)c1. The zero-order chi connectivity index (χ0) is 15.3. The number of benzene rings is 1. The van der Waals surface area contributed by atoms with Crippen LogP contribution in [0.2, 0.25) is 0 Å². The van der Waals surface area contributed by atoms with Crippen LogP contribution in [0, 0.1) is 0 Å². The van der Waals surface area contributed by atoms with Gasteiger partial charge in [0, 0.05) is 5.69 Å². The number of nitrogens with two attached hydrogens (primary N) is 1. The van der Waals surface area contributed by atoms with Gasteiger partial charge in [-0.3, -0.25) is 10.1 Å². The summed E-state index contributed by atoms with van der Waals surface area (Å²) in [5, 5.41) is 6.42. The molecule has 0 spiro atoms. The van der Waals surface area contributed by atoms with E-state index in [1.54, 1.807) is 52.0 Å². The second-order valence-corrected chi connectivity index (χ2v) is 5.42. The van der Waals surface area contributed by atoms with Crippen molar-refractivity contribution < 1.29 is 14.3 Å². The van der Waals surface area contributed by atoms with Crippen molar-refractivity contribution in [3.05, 3.63) is 24.3 Å². The Kier molecular flexibility index (Phi) is 5.10. The van der Waals surface area contributed by atoms with Crippen LogP contribution in [0.15, 0.2) is 24.3 Å². The van der Waals surface area contributed by atoms with Crippen molar-refractivity contribution in [3.63, 3.8) is 0 Å². The first kappa shape index (κ1) is 16.0. The van der Waals surface area contributed by atoms with E-state index in [4.69, 9.17) is 10.5 Å². The summed E-state index contributed by atoms with van der Waals surface area (Å²) in [5.41, 5.74) is 5.80. The van der Waals surface area contributed by atoms with Crippen LogP contribution < -0.4 is 16.4 Å². The number of ether oxygens (including phenoxy) is 1. The summed E-state index contributed by atoms with van der Waals surface area (Å²) in [6, 6.07) is 5.93. The van der Waals surface area contributed by atoms with E-state index in [0.717, 1.165) is 0 Å². The summed E-state index contributed by atoms with van der Waals surface area (Å²) >= 11 is 0. The molecule has 1 radical (unpaired) electrons. The Balaban J connectivity index is 2.69. The van der Waals surface area contributed by atoms with Gasteiger partial charge in [0.15, 0.2) is 0 Å². The summed E-state index contributed by atoms with van der Waals surface area (Å²) < 4.78 is 5.13. The number of nitrogens with zero attached hydrogens (tertiary/aromatic N) is 1. The Morgan fingerprint density at radius 1 is 1.35 bits per heavy atom. The molecule has 1 aromatic rings. The van der Waals surface area contributed by atoms with E-state index in [2.05, 4.69) is 10.6 Å². The van der Waals surface area contributed by atoms with Crippen molar-refractivity contribution in [1.29, 1.82) is 0 Å². The highest BCUT2D eigenvalue weighted by atomic mass is 16.6. The quantitative estimate of drug-likeness (QED) is 0.885. The van der Waals surface area contributed by atoms with E-state index in [-0.39, 0.29) is 0 Å². The van der Waals surface area contributed by atoms with Crippen LogP contribution in [0.5, 0.6) is 0 Å². The average molecular weight is 278 g/mol. The lowest BCUT2D eigenvalue weighted by molar-refractivity contribution is -0.121. The molecule has 0 unspecified atom stereocenters. The highest BCUT2D eigenvalue weighted by Gasteiger charge is 2.16. The maximum atomic E-state index is 11.6. The first-order chi connectivity index (χ1) is 9.17. The number of hydrogen-bond acceptors (Lipinski definition) is 4. The van der Waals surface area contributed by atoms with Gasteiger partial charge in [0.05, 0.1) is 11.7 Å². The van der Waals surface area contributed by atoms with Crippen LogP contribution in [0.4, 0.5) is 16.2 Å². The van der Waals surface area contributed by atoms with Crippen LogP contribution in [0.25, 0.3) is 0 Å². The van der Waals surface area contributed by atoms with Gasteiger partial charge in [-0.2, -0.15) is 0 Å². The number of carbonyl (C=O) groups is 2. The average Bonchev–Trinajstić information content (AvgIpc) is 2.26. The standard InChI is InChI=1S/C14H20N3O3/c1-9(15)12(18)16-10-6-5-7-11(8-10)17-13(19)20-14(2,3)4/h5-9H,15H2,1-4H3,(H,17,19)/t9-/m0/s1. The third-order valence-corrected chi connectivity index (χ3v) is 2.12. The fraction of sp³-hybridized carbons (Fsp3) is 0.429. The molecule has 0 bridgehead atoms. The first-order valence-electron chi connectivity index (χ1n) is 6.28. The Morgan fingerprint density at radius 3 is 2.55 bits per heavy atom. The van der Waals surface area contributed by atoms with Gasteiger partial charge >= 0.3 is 6.09 Å². The normalized spacial score (nSPS) is 12.4. The van der Waals surface area contributed by atoms with Gasteiger partial charge in [0.1, 0.15) is 5.60 Å². The minimum Gasteiger partial charge on any atom is -0.444 e. The molecule has 0 saturated heterocycles. The Labute approximate surface area is 118 Å². The molecule has 0 heterocycles. The largest absolute Gasteiger partial charge is 0.444 e. The van der Waals surface area contributed by atoms with E-state index in [1.165, 1.54) is 0 Å². The van der Waals surface area contributed by atoms with Crippen LogP contribution in [0.1, 0.15) is 27.7 Å². The summed E-state index contributed by atoms with van der Waals surface area (Å²) in [6.07, 6.45) is -0.562. The lowest BCUT2D eigenvalue weighted by atomic mass is 10.2. The number of hydrogen-bond donors (Lipinski definition) is 2. The van der Waals surface area contributed by atoms with Crippen molar-refractivity contribution in [1.82, 2.24) is 5.32 Å². The Bertz CT molecular complexity index is 493. The van der Waals surface area contributed by atoms with Crippen LogP contribution in [0.3, 0.4) is 0 Å². The van der Waals surface area contributed by atoms with E-state index < -0.39 is 23.6 Å². The number of carbonyl (C=O) groups excluding carboxylic acids is 2. The lowest BCUT2D eigenvalue weighted by Crippen LogP contribution is -2.32. The van der Waals surface area contributed by atoms with Crippen LogP contribution >= 0.6 is 0 Å². The number of amides is 2. The van der Waals surface area contributed by atoms with Crippen molar-refractivity contribution >= 4 is 23.4 Å². The second kappa shape index (κ2) is 6.38. The lowest BCUT2D eigenvalue weighted by Gasteiger charge is -2.19. The molecule has 0 aliphatic carbocycles. The first-order valence-corrected chi connectivity index (χ1v) is 6.28. The molecule has 0 aromatic heterocycles. The fourth-order valence-corrected chi connectivity index (χ4v) is 1.30. The monoisotopic (exact) mass is 278 g/mol. The van der Waals surface area contributed by atoms with Gasteiger partial charge in [-0.05, 0) is 45.9 Å². The van der Waals surface area contributed by atoms with Gasteiger partial charge in [0.2, 0.25) is 0 Å². The molecule has 6 heteroatoms. The number of anilines is 1. The Hall–Kier alpha value is -2.08. The molecule has 0 aliphatic heterocycles. The molecule has 1 atom stereocenters. The maximum Gasteiger partial charge on any atom is 0.412 e. The van der Waals surface area contributed by atoms with Gasteiger partial charge in [-0.15, -0.1) is 0 Å². The minimum atomic E-state index is -0.655. The molecule has 0 saturated carbocycles. The second-order valence-electron chi connectivity index (χ2n) is 5.42. The third-order valence-electron chi connectivity index (χ3n) is 2.12. The fourth-order valence-electron chi connectivity index (χ4n) is 1.30. The number of rotatable bonds is 3. The maximum absolute atomic E-state index is 11.6. The van der Waals surface area contributed by atoms with E-state index in [0.29, 0.717) is 11.4 Å². The smallest absolute Gasteiger partial charge is 0.412 e. The number of nitrogens with one attached hydrogen (secondary N) is 1. The summed E-state index contributed by atoms with van der Waals surface area (Å²) in [4.78, 5) is 23.0. The van der Waals surface area contributed by atoms with Gasteiger partial charge in [-0.25, -0.2) is 10.1 Å². The minimum absolute atomic E-state index is 0.417. The molecular formula is C14H20N3O3. The van der Waals surface area contributed by atoms with Crippen LogP contribution in [-0.2, 0) is 9.53 Å². The molecule has 6 nitrogen and oxygen atoms in total. The zero-order valence-corrected chi connectivity index (χ0v) is 12.1. The van der Waals surface area contributed by atoms with Crippen molar-refractivity contribution in [2.24, 2.45) is 5.73 Å². The zero-order valence-electron chi connectivity index (χ0n) is 12.1. The van der Waals surface area contributed by atoms with Gasteiger partial charge < -0.3 is 10.5 Å². The molecule has 109 valence electrons. The van der Waals surface area contributed by atoms with Crippen molar-refractivity contribution in [2.75, 3.05) is 5.32 Å². The third kappa shape index (κ3) is 5.71. The molecule has 0 fully saturated rings. The van der Waals surface area contributed by atoms with Gasteiger partial charge in [-0.1, -0.05) is 6.07 Å². The summed E-state index contributed by atoms with van der Waals surface area (Å²) in [7, 11) is 0. The Morgan fingerprint density at radius 2 is 2.00 bits per heavy atom. The van der Waals surface area contributed by atoms with E-state index in [1.807, 2.05) is 0 Å². The topological polar surface area (TPSA) is 95.5 Å².